The number of halogens is 1. The molecule has 0 spiro atoms. The molecule has 1 aromatic carbocycles. The molecule has 2 heterocycles. The molecule has 1 aromatic rings. The first kappa shape index (κ1) is 16.1. The van der Waals surface area contributed by atoms with Gasteiger partial charge < -0.3 is 15.4 Å². The lowest BCUT2D eigenvalue weighted by Gasteiger charge is -2.31. The zero-order valence-electron chi connectivity index (χ0n) is 12.4. The third kappa shape index (κ3) is 3.69. The van der Waals surface area contributed by atoms with E-state index in [1.807, 2.05) is 13.0 Å². The number of hydrogen-bond acceptors (Lipinski definition) is 3. The van der Waals surface area contributed by atoms with Gasteiger partial charge >= 0.3 is 0 Å². The van der Waals surface area contributed by atoms with Crippen LogP contribution in [0.3, 0.4) is 0 Å². The molecule has 0 aliphatic carbocycles. The number of fused-ring (bicyclic) bond motifs is 1. The van der Waals surface area contributed by atoms with E-state index in [-0.39, 0.29) is 24.2 Å². The normalized spacial score (nSPS) is 18.0. The number of carbonyl (C=O) groups excluding carboxylic acids is 1. The molecular weight excluding hydrogens is 288 g/mol. The van der Waals surface area contributed by atoms with Gasteiger partial charge in [-0.3, -0.25) is 4.79 Å². The molecule has 3 rings (SSSR count). The van der Waals surface area contributed by atoms with Crippen molar-refractivity contribution in [3.63, 3.8) is 0 Å². The first-order valence-electron chi connectivity index (χ1n) is 7.47. The fourth-order valence-corrected chi connectivity index (χ4v) is 2.77. The van der Waals surface area contributed by atoms with Crippen molar-refractivity contribution in [1.82, 2.24) is 10.6 Å². The van der Waals surface area contributed by atoms with Gasteiger partial charge in [-0.1, -0.05) is 19.1 Å². The molecule has 0 aromatic heterocycles. The second-order valence-corrected chi connectivity index (χ2v) is 5.79. The molecule has 1 fully saturated rings. The highest BCUT2D eigenvalue weighted by atomic mass is 35.5. The number of hydrogen-bond donors (Lipinski definition) is 2. The molecule has 4 nitrogen and oxygen atoms in total. The Balaban J connectivity index is 0.00000161. The maximum absolute atomic E-state index is 12.0. The summed E-state index contributed by atoms with van der Waals surface area (Å²) in [6.45, 7) is 5.47. The highest BCUT2D eigenvalue weighted by Crippen LogP contribution is 2.25. The summed E-state index contributed by atoms with van der Waals surface area (Å²) >= 11 is 0. The maximum Gasteiger partial charge on any atom is 0.223 e. The van der Waals surface area contributed by atoms with Crippen LogP contribution in [0.5, 0.6) is 5.75 Å². The lowest BCUT2D eigenvalue weighted by Crippen LogP contribution is -2.49. The van der Waals surface area contributed by atoms with Crippen molar-refractivity contribution >= 4 is 18.3 Å². The summed E-state index contributed by atoms with van der Waals surface area (Å²) in [6, 6.07) is 6.34. The van der Waals surface area contributed by atoms with Crippen molar-refractivity contribution in [3.8, 4) is 5.75 Å². The van der Waals surface area contributed by atoms with Crippen molar-refractivity contribution in [3.05, 3.63) is 29.3 Å². The van der Waals surface area contributed by atoms with E-state index in [9.17, 15) is 4.79 Å². The first-order valence-corrected chi connectivity index (χ1v) is 7.47. The lowest BCUT2D eigenvalue weighted by atomic mass is 9.88. The van der Waals surface area contributed by atoms with Gasteiger partial charge in [-0.15, -0.1) is 12.4 Å². The minimum absolute atomic E-state index is 0. The molecule has 1 atom stereocenters. The zero-order valence-corrected chi connectivity index (χ0v) is 13.2. The van der Waals surface area contributed by atoms with Gasteiger partial charge in [0, 0.05) is 18.9 Å². The fraction of sp³-hybridized carbons (Fsp3) is 0.562. The van der Waals surface area contributed by atoms with Gasteiger partial charge in [-0.25, -0.2) is 0 Å². The summed E-state index contributed by atoms with van der Waals surface area (Å²) in [6.07, 6.45) is 1.88. The number of ether oxygens (including phenoxy) is 1. The van der Waals surface area contributed by atoms with Gasteiger partial charge in [0.2, 0.25) is 5.91 Å². The Hall–Kier alpha value is -1.26. The van der Waals surface area contributed by atoms with Crippen LogP contribution in [0.4, 0.5) is 0 Å². The van der Waals surface area contributed by atoms with Crippen LogP contribution in [0.1, 0.15) is 18.1 Å². The van der Waals surface area contributed by atoms with E-state index in [1.54, 1.807) is 0 Å². The van der Waals surface area contributed by atoms with Gasteiger partial charge in [0.05, 0.1) is 6.61 Å². The van der Waals surface area contributed by atoms with E-state index in [2.05, 4.69) is 22.8 Å². The minimum atomic E-state index is 0. The molecule has 1 amide bonds. The number of amides is 1. The molecule has 21 heavy (non-hydrogen) atoms. The van der Waals surface area contributed by atoms with Crippen molar-refractivity contribution in [2.75, 3.05) is 26.2 Å². The molecule has 1 saturated heterocycles. The molecule has 2 aliphatic rings. The molecule has 0 radical (unpaired) electrons. The van der Waals surface area contributed by atoms with E-state index >= 15 is 0 Å². The Bertz CT molecular complexity index is 503. The van der Waals surface area contributed by atoms with Crippen LogP contribution in [0, 0.1) is 11.8 Å². The van der Waals surface area contributed by atoms with Crippen molar-refractivity contribution in [2.45, 2.75) is 19.8 Å². The zero-order chi connectivity index (χ0) is 13.9. The molecular formula is C16H23ClN2O2. The second-order valence-electron chi connectivity index (χ2n) is 5.79. The summed E-state index contributed by atoms with van der Waals surface area (Å²) in [5, 5.41) is 6.26. The van der Waals surface area contributed by atoms with Crippen LogP contribution in [0.2, 0.25) is 0 Å². The average Bonchev–Trinajstić information content (AvgIpc) is 2.83. The molecule has 5 heteroatoms. The summed E-state index contributed by atoms with van der Waals surface area (Å²) in [5.41, 5.74) is 2.57. The van der Waals surface area contributed by atoms with Crippen LogP contribution >= 0.6 is 12.4 Å². The Kier molecular flexibility index (Phi) is 5.48. The largest absolute Gasteiger partial charge is 0.493 e. The molecule has 116 valence electrons. The maximum atomic E-state index is 12.0. The van der Waals surface area contributed by atoms with Gasteiger partial charge in [0.15, 0.2) is 0 Å². The second kappa shape index (κ2) is 7.14. The highest BCUT2D eigenvalue weighted by molar-refractivity contribution is 5.85. The van der Waals surface area contributed by atoms with E-state index in [4.69, 9.17) is 4.74 Å². The summed E-state index contributed by atoms with van der Waals surface area (Å²) in [4.78, 5) is 12.0. The quantitative estimate of drug-likeness (QED) is 0.868. The van der Waals surface area contributed by atoms with Gasteiger partial charge in [0.1, 0.15) is 5.75 Å². The van der Waals surface area contributed by atoms with Gasteiger partial charge in [0.25, 0.3) is 0 Å². The van der Waals surface area contributed by atoms with Crippen LogP contribution < -0.4 is 15.4 Å². The van der Waals surface area contributed by atoms with Crippen LogP contribution in [-0.2, 0) is 17.6 Å². The number of rotatable bonds is 5. The number of carbonyl (C=O) groups is 1. The first-order chi connectivity index (χ1) is 9.74. The van der Waals surface area contributed by atoms with Crippen molar-refractivity contribution in [1.29, 1.82) is 0 Å². The predicted molar refractivity (Wildman–Crippen MR) is 85.1 cm³/mol. The lowest BCUT2D eigenvalue weighted by molar-refractivity contribution is -0.126. The van der Waals surface area contributed by atoms with Crippen molar-refractivity contribution < 1.29 is 9.53 Å². The summed E-state index contributed by atoms with van der Waals surface area (Å²) < 4.78 is 5.50. The predicted octanol–water partition coefficient (Wildman–Crippen LogP) is 1.56. The minimum Gasteiger partial charge on any atom is -0.493 e. The standard InChI is InChI=1S/C16H22N2O2.ClH/c1-11(14-9-17-10-14)16(19)18-6-4-12-2-3-15-13(8-12)5-7-20-15;/h2-3,8,11,14,17H,4-7,9-10H2,1H3,(H,18,19);1H. The van der Waals surface area contributed by atoms with E-state index < -0.39 is 0 Å². The molecule has 2 N–H and O–H groups in total. The Morgan fingerprint density at radius 2 is 2.29 bits per heavy atom. The molecule has 0 saturated carbocycles. The Morgan fingerprint density at radius 1 is 1.48 bits per heavy atom. The van der Waals surface area contributed by atoms with Crippen LogP contribution in [0.15, 0.2) is 18.2 Å². The number of nitrogens with one attached hydrogen (secondary N) is 2. The van der Waals surface area contributed by atoms with Gasteiger partial charge in [-0.05, 0) is 42.6 Å². The third-order valence-electron chi connectivity index (χ3n) is 4.40. The van der Waals surface area contributed by atoms with E-state index in [0.29, 0.717) is 12.5 Å². The molecule has 1 unspecified atom stereocenters. The van der Waals surface area contributed by atoms with Crippen molar-refractivity contribution in [2.24, 2.45) is 11.8 Å². The fourth-order valence-electron chi connectivity index (χ4n) is 2.77. The van der Waals surface area contributed by atoms with E-state index in [0.717, 1.165) is 38.3 Å². The number of benzene rings is 1. The molecule has 0 bridgehead atoms. The van der Waals surface area contributed by atoms with Crippen LogP contribution in [0.25, 0.3) is 0 Å². The Morgan fingerprint density at radius 3 is 3.00 bits per heavy atom. The topological polar surface area (TPSA) is 50.4 Å². The SMILES string of the molecule is CC(C(=O)NCCc1ccc2c(c1)CCO2)C1CNC1.Cl. The smallest absolute Gasteiger partial charge is 0.223 e. The highest BCUT2D eigenvalue weighted by Gasteiger charge is 2.28. The average molecular weight is 311 g/mol. The Labute approximate surface area is 132 Å². The van der Waals surface area contributed by atoms with E-state index in [1.165, 1.54) is 11.1 Å². The summed E-state index contributed by atoms with van der Waals surface area (Å²) in [5.74, 6) is 1.82. The van der Waals surface area contributed by atoms with Crippen LogP contribution in [-0.4, -0.2) is 32.1 Å². The summed E-state index contributed by atoms with van der Waals surface area (Å²) in [7, 11) is 0. The third-order valence-corrected chi connectivity index (χ3v) is 4.40. The monoisotopic (exact) mass is 310 g/mol. The van der Waals surface area contributed by atoms with Gasteiger partial charge in [-0.2, -0.15) is 0 Å². The molecule has 2 aliphatic heterocycles.